The van der Waals surface area contributed by atoms with Gasteiger partial charge in [-0.05, 0) is 0 Å². The van der Waals surface area contributed by atoms with Gasteiger partial charge in [-0.3, -0.25) is 0 Å². The van der Waals surface area contributed by atoms with Crippen LogP contribution in [0.3, 0.4) is 0 Å². The fraction of sp³-hybridized carbons (Fsp3) is 1.00. The molecule has 1 aliphatic rings. The lowest BCUT2D eigenvalue weighted by Gasteiger charge is -2.29. The first kappa shape index (κ1) is 10.9. The molecule has 0 aliphatic carbocycles. The maximum absolute atomic E-state index is 10.8. The van der Waals surface area contributed by atoms with Crippen LogP contribution >= 0.6 is 0 Å². The van der Waals surface area contributed by atoms with Crippen molar-refractivity contribution in [3.63, 3.8) is 0 Å². The summed E-state index contributed by atoms with van der Waals surface area (Å²) < 4.78 is 60.4. The maximum atomic E-state index is 10.8. The molecule has 1 aliphatic heterocycles. The Hall–Kier alpha value is -0.220. The summed E-state index contributed by atoms with van der Waals surface area (Å²) in [7, 11) is -9.96. The SMILES string of the molecule is O=S(=O)([O-])[N+]1(S(=O)(=O)O)CCCC1. The van der Waals surface area contributed by atoms with E-state index in [-0.39, 0.29) is 13.1 Å². The Bertz CT molecular complexity index is 354. The Balaban J connectivity index is 3.35. The topological polar surface area (TPSA) is 112 Å². The highest BCUT2D eigenvalue weighted by atomic mass is 32.3. The highest BCUT2D eigenvalue weighted by Crippen LogP contribution is 2.27. The second-order valence-corrected chi connectivity index (χ2v) is 6.22. The molecule has 0 atom stereocenters. The summed E-state index contributed by atoms with van der Waals surface area (Å²) in [5.41, 5.74) is 0. The molecule has 1 fully saturated rings. The summed E-state index contributed by atoms with van der Waals surface area (Å²) in [5, 5.41) is 0. The first-order chi connectivity index (χ1) is 5.71. The molecular weight excluding hydrogens is 222 g/mol. The van der Waals surface area contributed by atoms with Crippen LogP contribution in [-0.2, 0) is 20.6 Å². The standard InChI is InChI=1S/C4H9NO6S2/c6-12(7,8)5(13(9,10)11)3-1-2-4-5/h1-4H2,(H-,6,7,8,9,10,11). The zero-order valence-electron chi connectivity index (χ0n) is 6.58. The average molecular weight is 231 g/mol. The summed E-state index contributed by atoms with van der Waals surface area (Å²) in [6, 6.07) is 0. The maximum Gasteiger partial charge on any atom is 0.446 e. The minimum Gasteiger partial charge on any atom is -0.701 e. The fourth-order valence-electron chi connectivity index (χ4n) is 1.39. The van der Waals surface area contributed by atoms with Crippen LogP contribution in [0.2, 0.25) is 0 Å². The fourth-order valence-corrected chi connectivity index (χ4v) is 3.73. The Morgan fingerprint density at radius 1 is 1.08 bits per heavy atom. The zero-order chi connectivity index (χ0) is 10.3. The molecule has 1 rings (SSSR count). The normalized spacial score (nSPS) is 23.2. The molecule has 1 saturated heterocycles. The molecule has 13 heavy (non-hydrogen) atoms. The number of hydrogen-bond acceptors (Lipinski definition) is 5. The molecule has 0 amide bonds. The molecule has 0 radical (unpaired) electrons. The number of hydrogen-bond donors (Lipinski definition) is 1. The quantitative estimate of drug-likeness (QED) is 0.475. The lowest BCUT2D eigenvalue weighted by atomic mass is 10.4. The van der Waals surface area contributed by atoms with E-state index in [2.05, 4.69) is 0 Å². The summed E-state index contributed by atoms with van der Waals surface area (Å²) in [4.78, 5) is 0. The molecule has 78 valence electrons. The molecule has 0 aromatic heterocycles. The predicted octanol–water partition coefficient (Wildman–Crippen LogP) is -1.14. The van der Waals surface area contributed by atoms with Crippen LogP contribution in [0, 0.1) is 0 Å². The second kappa shape index (κ2) is 2.89. The van der Waals surface area contributed by atoms with Crippen molar-refractivity contribution < 1.29 is 29.2 Å². The lowest BCUT2D eigenvalue weighted by molar-refractivity contribution is -0.667. The van der Waals surface area contributed by atoms with Crippen molar-refractivity contribution in [2.24, 2.45) is 0 Å². The van der Waals surface area contributed by atoms with Gasteiger partial charge in [0.1, 0.15) is 13.1 Å². The van der Waals surface area contributed by atoms with Gasteiger partial charge in [-0.25, -0.2) is 4.55 Å². The van der Waals surface area contributed by atoms with Crippen molar-refractivity contribution in [1.29, 1.82) is 0 Å². The van der Waals surface area contributed by atoms with E-state index in [1.54, 1.807) is 0 Å². The minimum atomic E-state index is -5.07. The number of rotatable bonds is 2. The Labute approximate surface area is 76.3 Å². The summed E-state index contributed by atoms with van der Waals surface area (Å²) in [5.74, 6) is 0. The highest BCUT2D eigenvalue weighted by Gasteiger charge is 2.50. The third kappa shape index (κ3) is 1.57. The summed E-state index contributed by atoms with van der Waals surface area (Å²) >= 11 is 0. The number of nitrogens with zero attached hydrogens (tertiary/aromatic N) is 1. The van der Waals surface area contributed by atoms with E-state index in [4.69, 9.17) is 4.55 Å². The molecule has 0 aromatic carbocycles. The molecule has 1 heterocycles. The molecule has 0 bridgehead atoms. The van der Waals surface area contributed by atoms with Crippen LogP contribution in [0.1, 0.15) is 12.8 Å². The smallest absolute Gasteiger partial charge is 0.446 e. The van der Waals surface area contributed by atoms with Crippen LogP contribution < -0.4 is 0 Å². The van der Waals surface area contributed by atoms with Gasteiger partial charge in [0.2, 0.25) is 0 Å². The third-order valence-electron chi connectivity index (χ3n) is 2.08. The van der Waals surface area contributed by atoms with Gasteiger partial charge in [0.05, 0.1) is 0 Å². The molecule has 7 nitrogen and oxygen atoms in total. The van der Waals surface area contributed by atoms with Crippen molar-refractivity contribution in [3.05, 3.63) is 0 Å². The Kier molecular flexibility index (Phi) is 2.41. The molecule has 0 saturated carbocycles. The van der Waals surface area contributed by atoms with Crippen molar-refractivity contribution in [2.75, 3.05) is 13.1 Å². The van der Waals surface area contributed by atoms with Gasteiger partial charge in [0, 0.05) is 12.8 Å². The zero-order valence-corrected chi connectivity index (χ0v) is 8.21. The monoisotopic (exact) mass is 231 g/mol. The molecule has 0 spiro atoms. The van der Waals surface area contributed by atoms with Gasteiger partial charge in [-0.15, -0.1) is 11.7 Å². The van der Waals surface area contributed by atoms with Crippen LogP contribution in [0.5, 0.6) is 0 Å². The van der Waals surface area contributed by atoms with E-state index in [0.717, 1.165) is 0 Å². The van der Waals surface area contributed by atoms with Gasteiger partial charge >= 0.3 is 10.3 Å². The molecule has 0 unspecified atom stereocenters. The van der Waals surface area contributed by atoms with Crippen molar-refractivity contribution in [2.45, 2.75) is 12.8 Å². The van der Waals surface area contributed by atoms with Crippen LogP contribution in [0.15, 0.2) is 0 Å². The number of quaternary nitrogens is 1. The van der Waals surface area contributed by atoms with Gasteiger partial charge < -0.3 is 4.55 Å². The van der Waals surface area contributed by atoms with Crippen molar-refractivity contribution >= 4 is 20.6 Å². The molecular formula is C4H9NO6S2. The third-order valence-corrected chi connectivity index (χ3v) is 5.57. The van der Waals surface area contributed by atoms with Crippen LogP contribution in [-0.4, -0.2) is 42.3 Å². The Morgan fingerprint density at radius 3 is 1.62 bits per heavy atom. The van der Waals surface area contributed by atoms with E-state index in [1.807, 2.05) is 0 Å². The van der Waals surface area contributed by atoms with Gasteiger partial charge in [-0.1, -0.05) is 0 Å². The summed E-state index contributed by atoms with van der Waals surface area (Å²) in [6.07, 6.45) is 0.586. The molecule has 1 N–H and O–H groups in total. The molecule has 0 aromatic rings. The summed E-state index contributed by atoms with van der Waals surface area (Å²) in [6.45, 7) is -0.741. The largest absolute Gasteiger partial charge is 0.701 e. The van der Waals surface area contributed by atoms with Crippen LogP contribution in [0.25, 0.3) is 0 Å². The molecule has 9 heteroatoms. The first-order valence-electron chi connectivity index (χ1n) is 3.51. The van der Waals surface area contributed by atoms with E-state index < -0.39 is 23.9 Å². The van der Waals surface area contributed by atoms with Crippen LogP contribution in [0.4, 0.5) is 0 Å². The van der Waals surface area contributed by atoms with Gasteiger partial charge in [0.25, 0.3) is 10.3 Å². The van der Waals surface area contributed by atoms with Gasteiger partial charge in [-0.2, -0.15) is 8.42 Å². The van der Waals surface area contributed by atoms with E-state index >= 15 is 0 Å². The minimum absolute atomic E-state index is 0.293. The van der Waals surface area contributed by atoms with E-state index in [9.17, 15) is 21.4 Å². The van der Waals surface area contributed by atoms with Crippen molar-refractivity contribution in [1.82, 2.24) is 0 Å². The lowest BCUT2D eigenvalue weighted by Crippen LogP contribution is -2.53. The van der Waals surface area contributed by atoms with Crippen molar-refractivity contribution in [3.8, 4) is 0 Å². The predicted molar refractivity (Wildman–Crippen MR) is 40.5 cm³/mol. The second-order valence-electron chi connectivity index (χ2n) is 2.84. The average Bonchev–Trinajstić information content (AvgIpc) is 2.28. The van der Waals surface area contributed by atoms with E-state index in [1.165, 1.54) is 0 Å². The highest BCUT2D eigenvalue weighted by molar-refractivity contribution is 7.92. The Morgan fingerprint density at radius 2 is 1.46 bits per heavy atom. The van der Waals surface area contributed by atoms with Gasteiger partial charge in [0.15, 0.2) is 0 Å². The van der Waals surface area contributed by atoms with E-state index in [0.29, 0.717) is 12.8 Å². The first-order valence-corrected chi connectivity index (χ1v) is 6.28.